The molecule has 0 aliphatic carbocycles. The lowest BCUT2D eigenvalue weighted by Crippen LogP contribution is -2.29. The van der Waals surface area contributed by atoms with Crippen LogP contribution < -0.4 is 5.32 Å². The summed E-state index contributed by atoms with van der Waals surface area (Å²) in [5.74, 6) is -0.829. The zero-order valence-corrected chi connectivity index (χ0v) is 34.4. The van der Waals surface area contributed by atoms with Gasteiger partial charge in [-0.15, -0.1) is 0 Å². The fourth-order valence-corrected chi connectivity index (χ4v) is 6.31. The summed E-state index contributed by atoms with van der Waals surface area (Å²) >= 11 is 0. The van der Waals surface area contributed by atoms with E-state index < -0.39 is 32.5 Å². The number of phosphoric acid groups is 1. The molecule has 2 unspecified atom stereocenters. The molecule has 0 aromatic heterocycles. The molecule has 52 heavy (non-hydrogen) atoms. The number of hydrogen-bond acceptors (Lipinski definition) is 8. The first-order valence-corrected chi connectivity index (χ1v) is 22.4. The van der Waals surface area contributed by atoms with Crippen molar-refractivity contribution >= 4 is 19.8 Å². The second kappa shape index (κ2) is 38.9. The van der Waals surface area contributed by atoms with Crippen molar-refractivity contribution in [3.05, 3.63) is 36.5 Å². The van der Waals surface area contributed by atoms with Gasteiger partial charge in [-0.3, -0.25) is 18.6 Å². The Labute approximate surface area is 318 Å². The SMILES string of the molecule is CCCCC/C=C\C/C=C\C/C=C\CCCCCCC(=O)OCC(COP(=O)(O)OCCNC)OC(=O)CCCCCCCCCCCCCCC. The molecule has 0 saturated heterocycles. The molecular weight excluding hydrogens is 677 g/mol. The van der Waals surface area contributed by atoms with Crippen LogP contribution >= 0.6 is 7.82 Å². The molecule has 0 spiro atoms. The molecule has 0 fully saturated rings. The van der Waals surface area contributed by atoms with Crippen molar-refractivity contribution in [2.75, 3.05) is 33.4 Å². The van der Waals surface area contributed by atoms with Crippen molar-refractivity contribution in [2.24, 2.45) is 0 Å². The Hall–Kier alpha value is -1.77. The van der Waals surface area contributed by atoms with E-state index in [9.17, 15) is 19.0 Å². The maximum atomic E-state index is 12.6. The van der Waals surface area contributed by atoms with Crippen molar-refractivity contribution in [2.45, 2.75) is 187 Å². The Bertz CT molecular complexity index is 954. The molecule has 2 N–H and O–H groups in total. The van der Waals surface area contributed by atoms with E-state index in [-0.39, 0.29) is 26.1 Å². The summed E-state index contributed by atoms with van der Waals surface area (Å²) in [5.41, 5.74) is 0. The van der Waals surface area contributed by atoms with Gasteiger partial charge in [0.15, 0.2) is 6.10 Å². The maximum absolute atomic E-state index is 12.6. The lowest BCUT2D eigenvalue weighted by atomic mass is 10.0. The number of phosphoric ester groups is 1. The first kappa shape index (κ1) is 50.2. The summed E-state index contributed by atoms with van der Waals surface area (Å²) in [6, 6.07) is 0. The van der Waals surface area contributed by atoms with Crippen LogP contribution in [0.25, 0.3) is 0 Å². The molecule has 0 heterocycles. The van der Waals surface area contributed by atoms with Crippen LogP contribution in [0.2, 0.25) is 0 Å². The molecule has 2 atom stereocenters. The summed E-state index contributed by atoms with van der Waals surface area (Å²) in [4.78, 5) is 35.0. The maximum Gasteiger partial charge on any atom is 0.472 e. The minimum Gasteiger partial charge on any atom is -0.462 e. The first-order valence-electron chi connectivity index (χ1n) is 20.9. The number of ether oxygens (including phenoxy) is 2. The summed E-state index contributed by atoms with van der Waals surface area (Å²) in [5, 5.41) is 2.82. The highest BCUT2D eigenvalue weighted by atomic mass is 31.2. The third-order valence-corrected chi connectivity index (χ3v) is 9.75. The van der Waals surface area contributed by atoms with E-state index >= 15 is 0 Å². The van der Waals surface area contributed by atoms with Gasteiger partial charge >= 0.3 is 19.8 Å². The number of hydrogen-bond donors (Lipinski definition) is 2. The molecule has 10 heteroatoms. The van der Waals surface area contributed by atoms with Gasteiger partial charge in [0.05, 0.1) is 13.2 Å². The fraction of sp³-hybridized carbons (Fsp3) is 0.810. The number of esters is 2. The molecule has 0 saturated carbocycles. The lowest BCUT2D eigenvalue weighted by molar-refractivity contribution is -0.161. The predicted molar refractivity (Wildman–Crippen MR) is 215 cm³/mol. The standard InChI is InChI=1S/C42H78NO8P/c1-4-6-8-10-12-14-16-18-19-20-21-23-24-26-28-30-32-34-41(44)48-38-40(39-50-52(46,47)49-37-36-43-3)51-42(45)35-33-31-29-27-25-22-17-15-13-11-9-7-5-2/h12,14,18-19,21,23,40,43H,4-11,13,15-17,20,22,24-39H2,1-3H3,(H,46,47)/b14-12-,19-18-,23-21-. The molecule has 0 aromatic rings. The number of carbonyl (C=O) groups is 2. The van der Waals surface area contributed by atoms with Crippen molar-refractivity contribution in [1.82, 2.24) is 5.32 Å². The molecule has 0 aliphatic heterocycles. The van der Waals surface area contributed by atoms with E-state index in [0.717, 1.165) is 51.4 Å². The largest absolute Gasteiger partial charge is 0.472 e. The summed E-state index contributed by atoms with van der Waals surface area (Å²) in [6.45, 7) is 4.17. The normalized spacial score (nSPS) is 13.7. The van der Waals surface area contributed by atoms with Gasteiger partial charge in [-0.2, -0.15) is 0 Å². The van der Waals surface area contributed by atoms with Crippen LogP contribution in [-0.2, 0) is 32.7 Å². The van der Waals surface area contributed by atoms with Crippen LogP contribution in [0.4, 0.5) is 0 Å². The lowest BCUT2D eigenvalue weighted by Gasteiger charge is -2.20. The number of rotatable bonds is 39. The molecule has 0 amide bonds. The summed E-state index contributed by atoms with van der Waals surface area (Å²) in [6.07, 6.45) is 40.4. The van der Waals surface area contributed by atoms with Gasteiger partial charge in [-0.1, -0.05) is 153 Å². The molecule has 0 rings (SSSR count). The van der Waals surface area contributed by atoms with Crippen LogP contribution in [0.15, 0.2) is 36.5 Å². The second-order valence-electron chi connectivity index (χ2n) is 13.8. The average Bonchev–Trinajstić information content (AvgIpc) is 3.12. The van der Waals surface area contributed by atoms with Crippen LogP contribution in [0.1, 0.15) is 181 Å². The van der Waals surface area contributed by atoms with E-state index in [1.54, 1.807) is 7.05 Å². The van der Waals surface area contributed by atoms with Crippen molar-refractivity contribution in [3.8, 4) is 0 Å². The van der Waals surface area contributed by atoms with E-state index in [0.29, 0.717) is 19.4 Å². The van der Waals surface area contributed by atoms with E-state index in [4.69, 9.17) is 18.5 Å². The van der Waals surface area contributed by atoms with Crippen LogP contribution in [0, 0.1) is 0 Å². The van der Waals surface area contributed by atoms with Crippen LogP contribution in [-0.4, -0.2) is 56.3 Å². The highest BCUT2D eigenvalue weighted by Crippen LogP contribution is 2.43. The number of unbranched alkanes of at least 4 members (excludes halogenated alkanes) is 19. The molecule has 0 radical (unpaired) electrons. The zero-order chi connectivity index (χ0) is 38.2. The summed E-state index contributed by atoms with van der Waals surface area (Å²) in [7, 11) is -2.65. The van der Waals surface area contributed by atoms with E-state index in [1.165, 1.54) is 89.9 Å². The van der Waals surface area contributed by atoms with Crippen LogP contribution in [0.3, 0.4) is 0 Å². The number of likely N-dealkylation sites (N-methyl/N-ethyl adjacent to an activating group) is 1. The molecule has 0 bridgehead atoms. The van der Waals surface area contributed by atoms with Gasteiger partial charge in [0.1, 0.15) is 6.61 Å². The monoisotopic (exact) mass is 756 g/mol. The molecule has 9 nitrogen and oxygen atoms in total. The van der Waals surface area contributed by atoms with Crippen molar-refractivity contribution < 1.29 is 37.6 Å². The molecule has 0 aliphatic rings. The Balaban J connectivity index is 4.27. The minimum atomic E-state index is -4.35. The summed E-state index contributed by atoms with van der Waals surface area (Å²) < 4.78 is 33.1. The highest BCUT2D eigenvalue weighted by Gasteiger charge is 2.26. The average molecular weight is 756 g/mol. The fourth-order valence-electron chi connectivity index (χ4n) is 5.56. The second-order valence-corrected chi connectivity index (χ2v) is 15.3. The third kappa shape index (κ3) is 38.0. The first-order chi connectivity index (χ1) is 25.3. The Morgan fingerprint density at radius 2 is 1.04 bits per heavy atom. The predicted octanol–water partition coefficient (Wildman–Crippen LogP) is 11.6. The number of nitrogens with one attached hydrogen (secondary N) is 1. The van der Waals surface area contributed by atoms with Crippen LogP contribution in [0.5, 0.6) is 0 Å². The van der Waals surface area contributed by atoms with Gasteiger partial charge in [0.25, 0.3) is 0 Å². The van der Waals surface area contributed by atoms with Crippen molar-refractivity contribution in [1.29, 1.82) is 0 Å². The third-order valence-electron chi connectivity index (χ3n) is 8.76. The Morgan fingerprint density at radius 1 is 0.596 bits per heavy atom. The van der Waals surface area contributed by atoms with E-state index in [1.807, 2.05) is 0 Å². The number of carbonyl (C=O) groups excluding carboxylic acids is 2. The van der Waals surface area contributed by atoms with E-state index in [2.05, 4.69) is 55.6 Å². The van der Waals surface area contributed by atoms with Gasteiger partial charge in [0, 0.05) is 19.4 Å². The highest BCUT2D eigenvalue weighted by molar-refractivity contribution is 7.47. The number of allylic oxidation sites excluding steroid dienone is 6. The van der Waals surface area contributed by atoms with Gasteiger partial charge in [-0.25, -0.2) is 4.57 Å². The smallest absolute Gasteiger partial charge is 0.462 e. The quantitative estimate of drug-likeness (QED) is 0.0273. The Kier molecular flexibility index (Phi) is 37.6. The zero-order valence-electron chi connectivity index (χ0n) is 33.5. The minimum absolute atomic E-state index is 0.0201. The Morgan fingerprint density at radius 3 is 1.58 bits per heavy atom. The molecule has 304 valence electrons. The molecular formula is C42H78NO8P. The van der Waals surface area contributed by atoms with Crippen molar-refractivity contribution in [3.63, 3.8) is 0 Å². The van der Waals surface area contributed by atoms with Gasteiger partial charge in [-0.05, 0) is 58.4 Å². The topological polar surface area (TPSA) is 120 Å². The molecule has 0 aromatic carbocycles. The van der Waals surface area contributed by atoms with Gasteiger partial charge < -0.3 is 19.7 Å². The van der Waals surface area contributed by atoms with Gasteiger partial charge in [0.2, 0.25) is 0 Å².